The van der Waals surface area contributed by atoms with Crippen molar-refractivity contribution in [3.8, 4) is 0 Å². The molecule has 1 fully saturated rings. The van der Waals surface area contributed by atoms with Crippen LogP contribution in [0, 0.1) is 10.1 Å². The van der Waals surface area contributed by atoms with E-state index in [2.05, 4.69) is 5.32 Å². The molecule has 3 rings (SSSR count). The molecule has 1 N–H and O–H groups in total. The first kappa shape index (κ1) is 18.4. The highest BCUT2D eigenvalue weighted by Gasteiger charge is 2.29. The fraction of sp³-hybridized carbons (Fsp3) is 0.375. The molecule has 1 atom stereocenters. The third kappa shape index (κ3) is 3.71. The lowest BCUT2D eigenvalue weighted by Gasteiger charge is -2.26. The number of rotatable bonds is 6. The summed E-state index contributed by atoms with van der Waals surface area (Å²) in [6.07, 6.45) is 1.51. The SMILES string of the molecule is C[C@@H](Nc1ccc(S(=O)(=O)N2CCOCC2)cc1[N+](=O)[O-])c1ccco1. The summed E-state index contributed by atoms with van der Waals surface area (Å²) in [5, 5.41) is 14.4. The van der Waals surface area contributed by atoms with Crippen LogP contribution in [0.2, 0.25) is 0 Å². The molecule has 1 aromatic carbocycles. The third-order valence-electron chi connectivity index (χ3n) is 4.12. The molecule has 2 heterocycles. The van der Waals surface area contributed by atoms with Gasteiger partial charge in [0.15, 0.2) is 0 Å². The second-order valence-electron chi connectivity index (χ2n) is 5.83. The Hall–Kier alpha value is -2.43. The van der Waals surface area contributed by atoms with Crippen LogP contribution in [0.4, 0.5) is 11.4 Å². The summed E-state index contributed by atoms with van der Waals surface area (Å²) >= 11 is 0. The molecule has 0 saturated carbocycles. The van der Waals surface area contributed by atoms with Crippen molar-refractivity contribution in [2.45, 2.75) is 17.9 Å². The normalized spacial score (nSPS) is 17.0. The van der Waals surface area contributed by atoms with Crippen LogP contribution in [-0.4, -0.2) is 43.9 Å². The summed E-state index contributed by atoms with van der Waals surface area (Å²) in [6.45, 7) is 2.86. The second-order valence-corrected chi connectivity index (χ2v) is 7.77. The van der Waals surface area contributed by atoms with Crippen molar-refractivity contribution in [1.82, 2.24) is 4.31 Å². The van der Waals surface area contributed by atoms with E-state index in [1.807, 2.05) is 0 Å². The number of nitro groups is 1. The maximum absolute atomic E-state index is 12.7. The van der Waals surface area contributed by atoms with Gasteiger partial charge in [-0.1, -0.05) is 0 Å². The molecule has 1 aromatic heterocycles. The zero-order chi connectivity index (χ0) is 18.7. The van der Waals surface area contributed by atoms with E-state index >= 15 is 0 Å². The number of ether oxygens (including phenoxy) is 1. The third-order valence-corrected chi connectivity index (χ3v) is 6.01. The Morgan fingerprint density at radius 1 is 1.27 bits per heavy atom. The Labute approximate surface area is 150 Å². The van der Waals surface area contributed by atoms with Gasteiger partial charge in [-0.25, -0.2) is 8.42 Å². The van der Waals surface area contributed by atoms with E-state index in [0.29, 0.717) is 19.0 Å². The fourth-order valence-electron chi connectivity index (χ4n) is 2.72. The van der Waals surface area contributed by atoms with Crippen LogP contribution in [0.15, 0.2) is 45.9 Å². The first-order valence-electron chi connectivity index (χ1n) is 8.06. The van der Waals surface area contributed by atoms with Crippen molar-refractivity contribution < 1.29 is 22.5 Å². The molecule has 10 heteroatoms. The van der Waals surface area contributed by atoms with Crippen molar-refractivity contribution in [2.75, 3.05) is 31.6 Å². The van der Waals surface area contributed by atoms with Gasteiger partial charge in [-0.3, -0.25) is 10.1 Å². The summed E-state index contributed by atoms with van der Waals surface area (Å²) in [7, 11) is -3.80. The average molecular weight is 381 g/mol. The molecule has 1 aliphatic heterocycles. The van der Waals surface area contributed by atoms with Gasteiger partial charge < -0.3 is 14.5 Å². The highest BCUT2D eigenvalue weighted by atomic mass is 32.2. The van der Waals surface area contributed by atoms with Gasteiger partial charge in [0.25, 0.3) is 5.69 Å². The van der Waals surface area contributed by atoms with Crippen molar-refractivity contribution in [3.63, 3.8) is 0 Å². The molecule has 0 bridgehead atoms. The Balaban J connectivity index is 1.90. The van der Waals surface area contributed by atoms with Crippen molar-refractivity contribution in [1.29, 1.82) is 0 Å². The van der Waals surface area contributed by atoms with Crippen molar-refractivity contribution >= 4 is 21.4 Å². The smallest absolute Gasteiger partial charge is 0.293 e. The predicted molar refractivity (Wildman–Crippen MR) is 93.4 cm³/mol. The molecule has 26 heavy (non-hydrogen) atoms. The molecule has 140 valence electrons. The zero-order valence-electron chi connectivity index (χ0n) is 14.1. The number of hydrogen-bond acceptors (Lipinski definition) is 7. The van der Waals surface area contributed by atoms with E-state index in [1.165, 1.54) is 22.7 Å². The van der Waals surface area contributed by atoms with Crippen molar-refractivity contribution in [2.24, 2.45) is 0 Å². The second kappa shape index (κ2) is 7.44. The van der Waals surface area contributed by atoms with Gasteiger partial charge in [-0.15, -0.1) is 0 Å². The molecule has 9 nitrogen and oxygen atoms in total. The molecule has 0 unspecified atom stereocenters. The molecule has 0 spiro atoms. The molecular weight excluding hydrogens is 362 g/mol. The first-order valence-corrected chi connectivity index (χ1v) is 9.50. The van der Waals surface area contributed by atoms with Crippen LogP contribution < -0.4 is 5.32 Å². The van der Waals surface area contributed by atoms with Gasteiger partial charge in [0.05, 0.1) is 35.3 Å². The monoisotopic (exact) mass is 381 g/mol. The van der Waals surface area contributed by atoms with Crippen LogP contribution in [0.5, 0.6) is 0 Å². The number of nitrogens with one attached hydrogen (secondary N) is 1. The van der Waals surface area contributed by atoms with E-state index < -0.39 is 14.9 Å². The quantitative estimate of drug-likeness (QED) is 0.603. The number of morpholine rings is 1. The molecule has 1 saturated heterocycles. The van der Waals surface area contributed by atoms with E-state index in [-0.39, 0.29) is 35.4 Å². The topological polar surface area (TPSA) is 115 Å². The van der Waals surface area contributed by atoms with Crippen LogP contribution >= 0.6 is 0 Å². The summed E-state index contributed by atoms with van der Waals surface area (Å²) < 4.78 is 37.1. The summed E-state index contributed by atoms with van der Waals surface area (Å²) in [6, 6.07) is 7.02. The summed E-state index contributed by atoms with van der Waals surface area (Å²) in [5.41, 5.74) is -0.0856. The first-order chi connectivity index (χ1) is 12.4. The zero-order valence-corrected chi connectivity index (χ0v) is 14.9. The van der Waals surface area contributed by atoms with E-state index in [1.54, 1.807) is 19.1 Å². The Morgan fingerprint density at radius 2 is 2.00 bits per heavy atom. The predicted octanol–water partition coefficient (Wildman–Crippen LogP) is 2.38. The van der Waals surface area contributed by atoms with Gasteiger partial charge >= 0.3 is 0 Å². The maximum atomic E-state index is 12.7. The molecular formula is C16H19N3O6S. The molecule has 0 amide bonds. The number of anilines is 1. The van der Waals surface area contributed by atoms with Gasteiger partial charge in [-0.2, -0.15) is 4.31 Å². The largest absolute Gasteiger partial charge is 0.467 e. The van der Waals surface area contributed by atoms with Gasteiger partial charge in [0.1, 0.15) is 11.4 Å². The van der Waals surface area contributed by atoms with E-state index in [0.717, 1.165) is 6.07 Å². The highest BCUT2D eigenvalue weighted by molar-refractivity contribution is 7.89. The van der Waals surface area contributed by atoms with E-state index in [4.69, 9.17) is 9.15 Å². The number of hydrogen-bond donors (Lipinski definition) is 1. The maximum Gasteiger partial charge on any atom is 0.293 e. The van der Waals surface area contributed by atoms with Crippen LogP contribution in [0.25, 0.3) is 0 Å². The van der Waals surface area contributed by atoms with Gasteiger partial charge in [0, 0.05) is 19.2 Å². The number of nitrogens with zero attached hydrogens (tertiary/aromatic N) is 2. The highest BCUT2D eigenvalue weighted by Crippen LogP contribution is 2.31. The lowest BCUT2D eigenvalue weighted by Crippen LogP contribution is -2.40. The molecule has 0 aliphatic carbocycles. The van der Waals surface area contributed by atoms with Gasteiger partial charge in [-0.05, 0) is 31.2 Å². The number of benzene rings is 1. The van der Waals surface area contributed by atoms with Crippen LogP contribution in [0.3, 0.4) is 0 Å². The fourth-order valence-corrected chi connectivity index (χ4v) is 4.15. The number of sulfonamides is 1. The number of furan rings is 1. The minimum Gasteiger partial charge on any atom is -0.467 e. The number of nitro benzene ring substituents is 1. The minimum absolute atomic E-state index is 0.109. The Bertz CT molecular complexity index is 875. The lowest BCUT2D eigenvalue weighted by molar-refractivity contribution is -0.384. The summed E-state index contributed by atoms with van der Waals surface area (Å²) in [4.78, 5) is 10.7. The average Bonchev–Trinajstić information content (AvgIpc) is 3.17. The Kier molecular flexibility index (Phi) is 5.25. The molecule has 0 radical (unpaired) electrons. The lowest BCUT2D eigenvalue weighted by atomic mass is 10.2. The van der Waals surface area contributed by atoms with Crippen molar-refractivity contribution in [3.05, 3.63) is 52.5 Å². The summed E-state index contributed by atoms with van der Waals surface area (Å²) in [5.74, 6) is 0.615. The Morgan fingerprint density at radius 3 is 2.62 bits per heavy atom. The van der Waals surface area contributed by atoms with Crippen LogP contribution in [0.1, 0.15) is 18.7 Å². The van der Waals surface area contributed by atoms with Crippen LogP contribution in [-0.2, 0) is 14.8 Å². The molecule has 2 aromatic rings. The molecule has 1 aliphatic rings. The van der Waals surface area contributed by atoms with Gasteiger partial charge in [0.2, 0.25) is 10.0 Å². The standard InChI is InChI=1S/C16H19N3O6S/c1-12(16-3-2-8-25-16)17-14-5-4-13(11-15(14)19(20)21)26(22,23)18-6-9-24-10-7-18/h2-5,8,11-12,17H,6-7,9-10H2,1H3/t12-/m1/s1. The van der Waals surface area contributed by atoms with E-state index in [9.17, 15) is 18.5 Å². The minimum atomic E-state index is -3.80.